The van der Waals surface area contributed by atoms with Crippen molar-refractivity contribution in [1.82, 2.24) is 0 Å². The first-order chi connectivity index (χ1) is 17.5. The Balaban J connectivity index is 1.36. The fourth-order valence-corrected chi connectivity index (χ4v) is 4.25. The quantitative estimate of drug-likeness (QED) is 0.137. The zero-order valence-corrected chi connectivity index (χ0v) is 20.8. The summed E-state index contributed by atoms with van der Waals surface area (Å²) in [5.74, 6) is -0.212. The fourth-order valence-electron chi connectivity index (χ4n) is 4.25. The average molecular weight is 479 g/mol. The van der Waals surface area contributed by atoms with Gasteiger partial charge in [0.25, 0.3) is 0 Å². The monoisotopic (exact) mass is 478 g/mol. The second-order valence-electron chi connectivity index (χ2n) is 9.04. The number of allylic oxidation sites excluding steroid dienone is 2. The van der Waals surface area contributed by atoms with Gasteiger partial charge in [-0.3, -0.25) is 0 Å². The largest absolute Gasteiger partial charge is 0.423 e. The summed E-state index contributed by atoms with van der Waals surface area (Å²) in [6, 6.07) is 31.0. The molecule has 3 heteroatoms. The minimum absolute atomic E-state index is 0.205. The molecule has 2 nitrogen and oxygen atoms in total. The predicted octanol–water partition coefficient (Wildman–Crippen LogP) is 8.57. The van der Waals surface area contributed by atoms with Crippen molar-refractivity contribution < 1.29 is 13.9 Å². The highest BCUT2D eigenvalue weighted by molar-refractivity contribution is 5.91. The molecule has 4 aromatic carbocycles. The van der Waals surface area contributed by atoms with Crippen LogP contribution < -0.4 is 4.74 Å². The van der Waals surface area contributed by atoms with Crippen molar-refractivity contribution in [2.75, 3.05) is 0 Å². The van der Waals surface area contributed by atoms with E-state index in [1.54, 1.807) is 24.3 Å². The van der Waals surface area contributed by atoms with Crippen LogP contribution in [-0.4, -0.2) is 5.97 Å². The van der Waals surface area contributed by atoms with E-state index in [1.807, 2.05) is 37.3 Å². The molecule has 0 spiro atoms. The lowest BCUT2D eigenvalue weighted by Crippen LogP contribution is -2.08. The number of carbonyl (C=O) groups excluding carboxylic acids is 1. The fraction of sp³-hybridized carbons (Fsp3) is 0.182. The average Bonchev–Trinajstić information content (AvgIpc) is 2.91. The summed E-state index contributed by atoms with van der Waals surface area (Å²) in [5, 5.41) is 0. The van der Waals surface area contributed by atoms with Gasteiger partial charge in [-0.15, -0.1) is 0 Å². The molecule has 0 amide bonds. The predicted molar refractivity (Wildman–Crippen MR) is 145 cm³/mol. The molecular weight excluding hydrogens is 447 g/mol. The van der Waals surface area contributed by atoms with Gasteiger partial charge >= 0.3 is 5.97 Å². The van der Waals surface area contributed by atoms with Crippen LogP contribution >= 0.6 is 0 Å². The molecule has 0 unspecified atom stereocenters. The number of ether oxygens (including phenoxy) is 1. The van der Waals surface area contributed by atoms with Crippen molar-refractivity contribution >= 4 is 5.97 Å². The van der Waals surface area contributed by atoms with Gasteiger partial charge in [0.1, 0.15) is 11.6 Å². The Labute approximate surface area is 213 Å². The number of esters is 1. The third kappa shape index (κ3) is 6.57. The summed E-state index contributed by atoms with van der Waals surface area (Å²) >= 11 is 0. The minimum Gasteiger partial charge on any atom is -0.423 e. The van der Waals surface area contributed by atoms with Crippen LogP contribution in [0.5, 0.6) is 5.75 Å². The van der Waals surface area contributed by atoms with Crippen molar-refractivity contribution in [2.45, 2.75) is 39.0 Å². The molecule has 36 heavy (non-hydrogen) atoms. The van der Waals surface area contributed by atoms with Gasteiger partial charge in [-0.1, -0.05) is 91.9 Å². The Morgan fingerprint density at radius 3 is 2.19 bits per heavy atom. The number of halogens is 1. The Morgan fingerprint density at radius 2 is 1.56 bits per heavy atom. The van der Waals surface area contributed by atoms with Crippen LogP contribution in [0, 0.1) is 5.82 Å². The van der Waals surface area contributed by atoms with E-state index in [4.69, 9.17) is 4.74 Å². The molecule has 0 heterocycles. The van der Waals surface area contributed by atoms with E-state index < -0.39 is 5.97 Å². The zero-order chi connectivity index (χ0) is 25.3. The molecule has 1 atom stereocenters. The summed E-state index contributed by atoms with van der Waals surface area (Å²) in [5.41, 5.74) is 5.76. The van der Waals surface area contributed by atoms with E-state index in [0.29, 0.717) is 23.5 Å². The van der Waals surface area contributed by atoms with E-state index >= 15 is 0 Å². The molecular formula is C33H31FO2. The maximum Gasteiger partial charge on any atom is 0.343 e. The summed E-state index contributed by atoms with van der Waals surface area (Å²) in [7, 11) is 0. The van der Waals surface area contributed by atoms with Crippen LogP contribution in [0.15, 0.2) is 109 Å². The lowest BCUT2D eigenvalue weighted by atomic mass is 9.93. The molecule has 0 bridgehead atoms. The van der Waals surface area contributed by atoms with Gasteiger partial charge in [0.15, 0.2) is 0 Å². The second-order valence-corrected chi connectivity index (χ2v) is 9.04. The van der Waals surface area contributed by atoms with Crippen LogP contribution in [0.1, 0.15) is 53.2 Å². The van der Waals surface area contributed by atoms with Crippen molar-refractivity contribution in [2.24, 2.45) is 0 Å². The Morgan fingerprint density at radius 1 is 0.889 bits per heavy atom. The smallest absolute Gasteiger partial charge is 0.343 e. The van der Waals surface area contributed by atoms with Gasteiger partial charge in [0.2, 0.25) is 0 Å². The number of hydrogen-bond donors (Lipinski definition) is 0. The molecule has 182 valence electrons. The number of rotatable bonds is 9. The minimum atomic E-state index is -0.507. The lowest BCUT2D eigenvalue weighted by molar-refractivity contribution is 0.0734. The highest BCUT2D eigenvalue weighted by atomic mass is 19.1. The maximum atomic E-state index is 14.3. The molecule has 4 rings (SSSR count). The summed E-state index contributed by atoms with van der Waals surface area (Å²) in [6.07, 6.45) is 6.31. The Kier molecular flexibility index (Phi) is 8.46. The van der Waals surface area contributed by atoms with Crippen molar-refractivity contribution in [1.29, 1.82) is 0 Å². The molecule has 0 saturated heterocycles. The van der Waals surface area contributed by atoms with Gasteiger partial charge in [0.05, 0.1) is 5.56 Å². The molecule has 0 aliphatic heterocycles. The SMILES string of the molecule is C/C=C/CCc1ccc(OC(=O)c2ccc(-c3ccc(C[C@H](C)c4ccccc4)cc3)cc2)cc1F. The van der Waals surface area contributed by atoms with E-state index in [2.05, 4.69) is 55.5 Å². The lowest BCUT2D eigenvalue weighted by Gasteiger charge is -2.12. The van der Waals surface area contributed by atoms with Crippen LogP contribution in [-0.2, 0) is 12.8 Å². The molecule has 0 aliphatic rings. The van der Waals surface area contributed by atoms with Crippen LogP contribution in [0.3, 0.4) is 0 Å². The highest BCUT2D eigenvalue weighted by Crippen LogP contribution is 2.25. The first kappa shape index (κ1) is 25.1. The van der Waals surface area contributed by atoms with Crippen LogP contribution in [0.25, 0.3) is 11.1 Å². The van der Waals surface area contributed by atoms with E-state index in [9.17, 15) is 9.18 Å². The highest BCUT2D eigenvalue weighted by Gasteiger charge is 2.12. The number of benzene rings is 4. The second kappa shape index (κ2) is 12.1. The zero-order valence-electron chi connectivity index (χ0n) is 20.8. The van der Waals surface area contributed by atoms with Crippen molar-refractivity contribution in [3.8, 4) is 16.9 Å². The topological polar surface area (TPSA) is 26.3 Å². The van der Waals surface area contributed by atoms with Gasteiger partial charge in [-0.05, 0) is 78.1 Å². The summed E-state index contributed by atoms with van der Waals surface area (Å²) < 4.78 is 19.7. The first-order valence-electron chi connectivity index (χ1n) is 12.4. The number of aryl methyl sites for hydroxylation is 1. The van der Waals surface area contributed by atoms with E-state index in [0.717, 1.165) is 24.0 Å². The molecule has 0 N–H and O–H groups in total. The van der Waals surface area contributed by atoms with Crippen LogP contribution in [0.2, 0.25) is 0 Å². The third-order valence-corrected chi connectivity index (χ3v) is 6.37. The standard InChI is InChI=1S/C33H31FO2/c1-3-4-6-11-29-20-21-31(23-32(29)34)36-33(35)30-18-16-28(17-19-30)27-14-12-25(13-15-27)22-24(2)26-9-7-5-8-10-26/h3-5,7-10,12-21,23-24H,6,11,22H2,1-2H3/b4-3+/t24-/m0/s1. The molecule has 0 aliphatic carbocycles. The normalized spacial score (nSPS) is 12.0. The Bertz CT molecular complexity index is 1310. The van der Waals surface area contributed by atoms with Crippen molar-refractivity contribution in [3.05, 3.63) is 137 Å². The van der Waals surface area contributed by atoms with E-state index in [-0.39, 0.29) is 11.6 Å². The van der Waals surface area contributed by atoms with Gasteiger partial charge in [-0.2, -0.15) is 0 Å². The summed E-state index contributed by atoms with van der Waals surface area (Å²) in [6.45, 7) is 4.19. The van der Waals surface area contributed by atoms with Gasteiger partial charge in [-0.25, -0.2) is 9.18 Å². The number of carbonyl (C=O) groups is 1. The van der Waals surface area contributed by atoms with E-state index in [1.165, 1.54) is 17.2 Å². The van der Waals surface area contributed by atoms with Crippen molar-refractivity contribution in [3.63, 3.8) is 0 Å². The van der Waals surface area contributed by atoms with Gasteiger partial charge < -0.3 is 4.74 Å². The molecule has 0 radical (unpaired) electrons. The molecule has 4 aromatic rings. The third-order valence-electron chi connectivity index (χ3n) is 6.37. The molecule has 0 aromatic heterocycles. The summed E-state index contributed by atoms with van der Waals surface area (Å²) in [4.78, 5) is 12.6. The molecule has 0 fully saturated rings. The molecule has 0 saturated carbocycles. The number of hydrogen-bond acceptors (Lipinski definition) is 2. The van der Waals surface area contributed by atoms with Crippen LogP contribution in [0.4, 0.5) is 4.39 Å². The first-order valence-corrected chi connectivity index (χ1v) is 12.4. The maximum absolute atomic E-state index is 14.3. The Hall–Kier alpha value is -3.98. The van der Waals surface area contributed by atoms with Gasteiger partial charge in [0, 0.05) is 6.07 Å².